The summed E-state index contributed by atoms with van der Waals surface area (Å²) in [6.45, 7) is 2.72. The molecule has 5 heterocycles. The summed E-state index contributed by atoms with van der Waals surface area (Å²) < 4.78 is 6.22. The summed E-state index contributed by atoms with van der Waals surface area (Å²) in [5, 5.41) is 9.78. The second-order valence-electron chi connectivity index (χ2n) is 8.87. The van der Waals surface area contributed by atoms with Crippen molar-refractivity contribution >= 4 is 23.5 Å². The lowest BCUT2D eigenvalue weighted by atomic mass is 9.73. The fourth-order valence-corrected chi connectivity index (χ4v) is 6.30. The van der Waals surface area contributed by atoms with Crippen molar-refractivity contribution in [1.29, 1.82) is 0 Å². The Morgan fingerprint density at radius 1 is 1.31 bits per heavy atom. The Balaban J connectivity index is 1.52. The minimum atomic E-state index is -0.991. The lowest BCUT2D eigenvalue weighted by Crippen LogP contribution is -2.50. The quantitative estimate of drug-likeness (QED) is 0.773. The molecule has 150 valence electrons. The molecule has 0 aromatic heterocycles. The van der Waals surface area contributed by atoms with Crippen molar-refractivity contribution < 1.29 is 24.2 Å². The highest BCUT2D eigenvalue weighted by Crippen LogP contribution is 2.60. The van der Waals surface area contributed by atoms with E-state index >= 15 is 0 Å². The van der Waals surface area contributed by atoms with Gasteiger partial charge in [-0.3, -0.25) is 14.4 Å². The molecule has 6 atom stereocenters. The fraction of sp³-hybridized carbons (Fsp3) is 0.500. The van der Waals surface area contributed by atoms with Gasteiger partial charge in [-0.1, -0.05) is 29.8 Å². The van der Waals surface area contributed by atoms with Crippen LogP contribution in [-0.2, 0) is 19.1 Å². The summed E-state index contributed by atoms with van der Waals surface area (Å²) in [5.41, 5.74) is 1.92. The number of amides is 2. The molecule has 1 aromatic rings. The molecule has 7 heteroatoms. The normalized spacial score (nSPS) is 39.1. The number of aliphatic carboxylic acids is 1. The SMILES string of the molecule is Cc1ccc2c(c1)[C@@H](N1CCCC1=O)CC1N2C(=O)[C@@H]2[C@H](C(=O)O)[C@H]3C=C[C@@]12O3. The van der Waals surface area contributed by atoms with E-state index in [1.165, 1.54) is 0 Å². The molecule has 2 bridgehead atoms. The minimum Gasteiger partial charge on any atom is -0.481 e. The van der Waals surface area contributed by atoms with Gasteiger partial charge in [0.15, 0.2) is 0 Å². The molecule has 6 rings (SSSR count). The number of carbonyl (C=O) groups is 3. The van der Waals surface area contributed by atoms with Crippen molar-refractivity contribution in [2.24, 2.45) is 11.8 Å². The van der Waals surface area contributed by atoms with Crippen LogP contribution in [0.4, 0.5) is 5.69 Å². The number of rotatable bonds is 2. The number of aryl methyl sites for hydroxylation is 1. The van der Waals surface area contributed by atoms with Crippen molar-refractivity contribution in [1.82, 2.24) is 4.90 Å². The van der Waals surface area contributed by atoms with Crippen molar-refractivity contribution in [3.05, 3.63) is 41.5 Å². The second-order valence-corrected chi connectivity index (χ2v) is 8.87. The molecule has 29 heavy (non-hydrogen) atoms. The van der Waals surface area contributed by atoms with Gasteiger partial charge in [0, 0.05) is 18.7 Å². The highest BCUT2D eigenvalue weighted by Gasteiger charge is 2.72. The molecule has 2 amide bonds. The zero-order valence-electron chi connectivity index (χ0n) is 16.1. The monoisotopic (exact) mass is 394 g/mol. The van der Waals surface area contributed by atoms with Crippen LogP contribution in [0.25, 0.3) is 0 Å². The van der Waals surface area contributed by atoms with Crippen molar-refractivity contribution in [2.75, 3.05) is 11.4 Å². The summed E-state index contributed by atoms with van der Waals surface area (Å²) in [4.78, 5) is 41.8. The first-order valence-corrected chi connectivity index (χ1v) is 10.3. The Hall–Kier alpha value is -2.67. The topological polar surface area (TPSA) is 87.2 Å². The Morgan fingerprint density at radius 3 is 2.86 bits per heavy atom. The summed E-state index contributed by atoms with van der Waals surface area (Å²) in [5.74, 6) is -2.61. The van der Waals surface area contributed by atoms with Crippen LogP contribution < -0.4 is 4.90 Å². The first-order valence-electron chi connectivity index (χ1n) is 10.3. The summed E-state index contributed by atoms with van der Waals surface area (Å²) >= 11 is 0. The van der Waals surface area contributed by atoms with Crippen LogP contribution in [0.2, 0.25) is 0 Å². The molecule has 0 aliphatic carbocycles. The largest absolute Gasteiger partial charge is 0.481 e. The van der Waals surface area contributed by atoms with Crippen LogP contribution in [-0.4, -0.2) is 52.1 Å². The van der Waals surface area contributed by atoms with Crippen molar-refractivity contribution in [3.8, 4) is 0 Å². The predicted molar refractivity (Wildman–Crippen MR) is 102 cm³/mol. The number of carboxylic acid groups (broad SMARTS) is 1. The standard InChI is InChI=1S/C22H22N2O5/c1-11-4-5-13-12(9-11)14(23-8-2-3-17(23)25)10-16-22-7-6-15(29-22)18(21(27)28)19(22)20(26)24(13)16/h4-7,9,14-16,18-19H,2-3,8,10H2,1H3,(H,27,28)/t14-,15+,16?,18+,19-,22+/m0/s1. The number of hydrogen-bond acceptors (Lipinski definition) is 4. The molecule has 1 unspecified atom stereocenters. The van der Waals surface area contributed by atoms with E-state index < -0.39 is 29.5 Å². The molecular weight excluding hydrogens is 372 g/mol. The van der Waals surface area contributed by atoms with Gasteiger partial charge < -0.3 is 19.6 Å². The smallest absolute Gasteiger partial charge is 0.310 e. The van der Waals surface area contributed by atoms with Crippen LogP contribution in [0.5, 0.6) is 0 Å². The van der Waals surface area contributed by atoms with E-state index in [2.05, 4.69) is 6.07 Å². The number of carbonyl (C=O) groups excluding carboxylic acids is 2. The Labute approximate surface area is 167 Å². The first kappa shape index (κ1) is 17.2. The number of benzene rings is 1. The van der Waals surface area contributed by atoms with Crippen LogP contribution in [0.1, 0.15) is 36.4 Å². The molecular formula is C22H22N2O5. The fourth-order valence-electron chi connectivity index (χ4n) is 6.30. The zero-order valence-corrected chi connectivity index (χ0v) is 16.1. The van der Waals surface area contributed by atoms with Crippen LogP contribution in [0.3, 0.4) is 0 Å². The lowest BCUT2D eigenvalue weighted by molar-refractivity contribution is -0.146. The van der Waals surface area contributed by atoms with E-state index in [4.69, 9.17) is 4.74 Å². The van der Waals surface area contributed by atoms with Gasteiger partial charge in [-0.05, 0) is 31.4 Å². The predicted octanol–water partition coefficient (Wildman–Crippen LogP) is 1.80. The Kier molecular flexibility index (Phi) is 3.25. The van der Waals surface area contributed by atoms with E-state index in [1.54, 1.807) is 11.0 Å². The van der Waals surface area contributed by atoms with E-state index in [1.807, 2.05) is 30.0 Å². The average molecular weight is 394 g/mol. The third-order valence-corrected chi connectivity index (χ3v) is 7.44. The highest BCUT2D eigenvalue weighted by atomic mass is 16.5. The second kappa shape index (κ2) is 5.48. The molecule has 5 aliphatic rings. The maximum Gasteiger partial charge on any atom is 0.310 e. The average Bonchev–Trinajstić information content (AvgIpc) is 3.43. The minimum absolute atomic E-state index is 0.123. The third-order valence-electron chi connectivity index (χ3n) is 7.44. The summed E-state index contributed by atoms with van der Waals surface area (Å²) in [6, 6.07) is 5.53. The molecule has 0 radical (unpaired) electrons. The summed E-state index contributed by atoms with van der Waals surface area (Å²) in [7, 11) is 0. The molecule has 3 fully saturated rings. The molecule has 0 saturated carbocycles. The van der Waals surface area contributed by atoms with Gasteiger partial charge in [-0.2, -0.15) is 0 Å². The Morgan fingerprint density at radius 2 is 2.14 bits per heavy atom. The lowest BCUT2D eigenvalue weighted by Gasteiger charge is -2.44. The van der Waals surface area contributed by atoms with Crippen LogP contribution >= 0.6 is 0 Å². The van der Waals surface area contributed by atoms with Gasteiger partial charge in [0.25, 0.3) is 0 Å². The number of nitrogens with zero attached hydrogens (tertiary/aromatic N) is 2. The van der Waals surface area contributed by atoms with Crippen molar-refractivity contribution in [3.63, 3.8) is 0 Å². The van der Waals surface area contributed by atoms with Crippen LogP contribution in [0.15, 0.2) is 30.4 Å². The number of carboxylic acids is 1. The van der Waals surface area contributed by atoms with Gasteiger partial charge >= 0.3 is 5.97 Å². The molecule has 7 nitrogen and oxygen atoms in total. The maximum absolute atomic E-state index is 13.5. The number of ether oxygens (including phenoxy) is 1. The van der Waals surface area contributed by atoms with Gasteiger partial charge in [-0.15, -0.1) is 0 Å². The summed E-state index contributed by atoms with van der Waals surface area (Å²) in [6.07, 6.45) is 5.11. The molecule has 1 N–H and O–H groups in total. The molecule has 1 spiro atoms. The number of hydrogen-bond donors (Lipinski definition) is 1. The Bertz CT molecular complexity index is 1000. The van der Waals surface area contributed by atoms with Gasteiger partial charge in [-0.25, -0.2) is 0 Å². The van der Waals surface area contributed by atoms with Crippen LogP contribution in [0, 0.1) is 18.8 Å². The molecule has 3 saturated heterocycles. The van der Waals surface area contributed by atoms with E-state index in [9.17, 15) is 19.5 Å². The van der Waals surface area contributed by atoms with Gasteiger partial charge in [0.1, 0.15) is 11.5 Å². The van der Waals surface area contributed by atoms with Crippen molar-refractivity contribution in [2.45, 2.75) is 50.0 Å². The van der Waals surface area contributed by atoms with E-state index in [0.717, 1.165) is 23.2 Å². The zero-order chi connectivity index (χ0) is 20.1. The molecule has 1 aromatic carbocycles. The molecule has 5 aliphatic heterocycles. The van der Waals surface area contributed by atoms with E-state index in [-0.39, 0.29) is 23.9 Å². The highest BCUT2D eigenvalue weighted by molar-refractivity contribution is 6.04. The van der Waals surface area contributed by atoms with Gasteiger partial charge in [0.05, 0.1) is 24.1 Å². The maximum atomic E-state index is 13.5. The first-order chi connectivity index (χ1) is 13.9. The number of likely N-dealkylation sites (tertiary alicyclic amines) is 1. The number of fused-ring (bicyclic) bond motifs is 4. The number of anilines is 1. The van der Waals surface area contributed by atoms with Gasteiger partial charge in [0.2, 0.25) is 11.8 Å². The van der Waals surface area contributed by atoms with E-state index in [0.29, 0.717) is 19.4 Å². The third kappa shape index (κ3) is 1.99.